The summed E-state index contributed by atoms with van der Waals surface area (Å²) in [7, 11) is 0. The Morgan fingerprint density at radius 2 is 0.714 bits per heavy atom. The maximum atomic E-state index is 2.41. The molecule has 0 saturated carbocycles. The third-order valence-electron chi connectivity index (χ3n) is 8.99. The Labute approximate surface area is 244 Å². The molecule has 0 saturated heterocycles. The quantitative estimate of drug-likeness (QED) is 0.199. The third-order valence-corrected chi connectivity index (χ3v) is 8.99. The minimum atomic E-state index is 1.24. The minimum Gasteiger partial charge on any atom is -0.0622 e. The van der Waals surface area contributed by atoms with Gasteiger partial charge in [0.2, 0.25) is 0 Å². The van der Waals surface area contributed by atoms with E-state index in [1.165, 1.54) is 87.2 Å². The van der Waals surface area contributed by atoms with Gasteiger partial charge in [-0.1, -0.05) is 140 Å². The molecule has 194 valence electrons. The first-order valence-corrected chi connectivity index (χ1v) is 14.6. The average Bonchev–Trinajstić information content (AvgIpc) is 3.07. The Morgan fingerprint density at radius 3 is 1.38 bits per heavy atom. The van der Waals surface area contributed by atoms with Crippen molar-refractivity contribution in [1.29, 1.82) is 0 Å². The SMILES string of the molecule is c1ccc(-c2cc(-c3ccc4ccccc4c3)c3ccc4ccc(-c5ccc6ccccc6c5)c5ccc2c3c45)cc1. The zero-order valence-electron chi connectivity index (χ0n) is 23.0. The summed E-state index contributed by atoms with van der Waals surface area (Å²) in [5.41, 5.74) is 7.57. The molecular weight excluding hydrogens is 504 g/mol. The highest BCUT2D eigenvalue weighted by Gasteiger charge is 2.18. The summed E-state index contributed by atoms with van der Waals surface area (Å²) >= 11 is 0. The second-order valence-electron chi connectivity index (χ2n) is 11.3. The van der Waals surface area contributed by atoms with Gasteiger partial charge in [-0.05, 0) is 105 Å². The highest BCUT2D eigenvalue weighted by Crippen LogP contribution is 2.46. The Hall–Kier alpha value is -5.46. The van der Waals surface area contributed by atoms with Crippen LogP contribution in [0.2, 0.25) is 0 Å². The summed E-state index contributed by atoms with van der Waals surface area (Å²) < 4.78 is 0. The highest BCUT2D eigenvalue weighted by molar-refractivity contribution is 6.30. The summed E-state index contributed by atoms with van der Waals surface area (Å²) in [6.07, 6.45) is 0. The fourth-order valence-corrected chi connectivity index (χ4v) is 6.96. The van der Waals surface area contributed by atoms with Crippen molar-refractivity contribution in [3.05, 3.63) is 158 Å². The van der Waals surface area contributed by atoms with Gasteiger partial charge in [0, 0.05) is 0 Å². The molecule has 0 fully saturated rings. The monoisotopic (exact) mass is 530 g/mol. The van der Waals surface area contributed by atoms with Gasteiger partial charge in [0.25, 0.3) is 0 Å². The van der Waals surface area contributed by atoms with E-state index in [9.17, 15) is 0 Å². The van der Waals surface area contributed by atoms with Crippen molar-refractivity contribution in [3.63, 3.8) is 0 Å². The van der Waals surface area contributed by atoms with Gasteiger partial charge in [-0.15, -0.1) is 0 Å². The highest BCUT2D eigenvalue weighted by atomic mass is 14.2. The summed E-state index contributed by atoms with van der Waals surface area (Å²) in [4.78, 5) is 0. The zero-order chi connectivity index (χ0) is 27.6. The van der Waals surface area contributed by atoms with Crippen molar-refractivity contribution < 1.29 is 0 Å². The molecule has 0 aliphatic heterocycles. The summed E-state index contributed by atoms with van der Waals surface area (Å²) in [6, 6.07) is 58.2. The number of benzene rings is 9. The molecule has 9 rings (SSSR count). The zero-order valence-corrected chi connectivity index (χ0v) is 23.0. The molecule has 0 nitrogen and oxygen atoms in total. The number of hydrogen-bond donors (Lipinski definition) is 0. The van der Waals surface area contributed by atoms with Crippen LogP contribution >= 0.6 is 0 Å². The van der Waals surface area contributed by atoms with Crippen LogP contribution in [0.5, 0.6) is 0 Å². The van der Waals surface area contributed by atoms with Crippen LogP contribution in [-0.4, -0.2) is 0 Å². The van der Waals surface area contributed by atoms with Crippen LogP contribution in [0.3, 0.4) is 0 Å². The van der Waals surface area contributed by atoms with Gasteiger partial charge < -0.3 is 0 Å². The maximum absolute atomic E-state index is 2.41. The standard InChI is InChI=1S/C42H26/c1-2-10-29(11-3-1)39-26-40(34-17-15-28-9-5-7-13-32(28)25-34)37-21-19-30-18-20-35(36-22-23-38(39)42(37)41(30)36)33-16-14-27-8-4-6-12-31(27)24-33/h1-26H. The average molecular weight is 531 g/mol. The van der Waals surface area contributed by atoms with E-state index in [1.807, 2.05) is 0 Å². The Bertz CT molecular complexity index is 2450. The van der Waals surface area contributed by atoms with E-state index in [1.54, 1.807) is 0 Å². The lowest BCUT2D eigenvalue weighted by Gasteiger charge is -2.20. The Kier molecular flexibility index (Phi) is 5.00. The van der Waals surface area contributed by atoms with Gasteiger partial charge in [0.15, 0.2) is 0 Å². The first-order valence-electron chi connectivity index (χ1n) is 14.6. The Balaban J connectivity index is 1.40. The normalized spacial score (nSPS) is 11.8. The molecule has 0 atom stereocenters. The van der Waals surface area contributed by atoms with Crippen LogP contribution in [0, 0.1) is 0 Å². The minimum absolute atomic E-state index is 1.24. The molecule has 0 bridgehead atoms. The largest absolute Gasteiger partial charge is 0.0622 e. The predicted molar refractivity (Wildman–Crippen MR) is 181 cm³/mol. The lowest BCUT2D eigenvalue weighted by molar-refractivity contribution is 1.64. The van der Waals surface area contributed by atoms with Crippen LogP contribution in [0.4, 0.5) is 0 Å². The number of hydrogen-bond acceptors (Lipinski definition) is 0. The van der Waals surface area contributed by atoms with Gasteiger partial charge in [-0.25, -0.2) is 0 Å². The van der Waals surface area contributed by atoms with E-state index in [-0.39, 0.29) is 0 Å². The van der Waals surface area contributed by atoms with Crippen LogP contribution in [0.25, 0.3) is 87.2 Å². The molecule has 0 aliphatic rings. The van der Waals surface area contributed by atoms with Crippen molar-refractivity contribution >= 4 is 53.9 Å². The van der Waals surface area contributed by atoms with E-state index in [0.717, 1.165) is 0 Å². The van der Waals surface area contributed by atoms with E-state index in [2.05, 4.69) is 158 Å². The van der Waals surface area contributed by atoms with E-state index < -0.39 is 0 Å². The molecule has 0 aliphatic carbocycles. The van der Waals surface area contributed by atoms with Crippen LogP contribution in [-0.2, 0) is 0 Å². The molecule has 42 heavy (non-hydrogen) atoms. The molecule has 0 heterocycles. The topological polar surface area (TPSA) is 0 Å². The van der Waals surface area contributed by atoms with E-state index in [0.29, 0.717) is 0 Å². The van der Waals surface area contributed by atoms with E-state index >= 15 is 0 Å². The van der Waals surface area contributed by atoms with Crippen molar-refractivity contribution in [2.45, 2.75) is 0 Å². The Morgan fingerprint density at radius 1 is 0.238 bits per heavy atom. The van der Waals surface area contributed by atoms with Crippen LogP contribution < -0.4 is 0 Å². The van der Waals surface area contributed by atoms with Gasteiger partial charge in [-0.3, -0.25) is 0 Å². The molecule has 9 aromatic carbocycles. The molecule has 0 spiro atoms. The van der Waals surface area contributed by atoms with Crippen molar-refractivity contribution in [2.24, 2.45) is 0 Å². The van der Waals surface area contributed by atoms with Crippen LogP contribution in [0.1, 0.15) is 0 Å². The molecule has 0 amide bonds. The second-order valence-corrected chi connectivity index (χ2v) is 11.3. The van der Waals surface area contributed by atoms with Gasteiger partial charge in [0.05, 0.1) is 0 Å². The summed E-state index contributed by atoms with van der Waals surface area (Å²) in [6.45, 7) is 0. The molecule has 0 unspecified atom stereocenters. The molecule has 0 heteroatoms. The van der Waals surface area contributed by atoms with Gasteiger partial charge in [0.1, 0.15) is 0 Å². The predicted octanol–water partition coefficient (Wildman–Crippen LogP) is 11.9. The first-order chi connectivity index (χ1) is 20.8. The first kappa shape index (κ1) is 23.3. The fraction of sp³-hybridized carbons (Fsp3) is 0. The van der Waals surface area contributed by atoms with Crippen molar-refractivity contribution in [3.8, 4) is 33.4 Å². The lowest BCUT2D eigenvalue weighted by Crippen LogP contribution is -1.92. The van der Waals surface area contributed by atoms with Crippen LogP contribution in [0.15, 0.2) is 158 Å². The fourth-order valence-electron chi connectivity index (χ4n) is 6.96. The summed E-state index contributed by atoms with van der Waals surface area (Å²) in [5, 5.41) is 12.9. The number of rotatable bonds is 3. The summed E-state index contributed by atoms with van der Waals surface area (Å²) in [5.74, 6) is 0. The van der Waals surface area contributed by atoms with Gasteiger partial charge in [-0.2, -0.15) is 0 Å². The smallest absolute Gasteiger partial charge is 0.00141 e. The van der Waals surface area contributed by atoms with Crippen molar-refractivity contribution in [2.75, 3.05) is 0 Å². The van der Waals surface area contributed by atoms with Gasteiger partial charge >= 0.3 is 0 Å². The molecule has 0 N–H and O–H groups in total. The second kappa shape index (κ2) is 9.03. The number of fused-ring (bicyclic) bond motifs is 2. The molecule has 0 aromatic heterocycles. The van der Waals surface area contributed by atoms with E-state index in [4.69, 9.17) is 0 Å². The molecular formula is C42H26. The lowest BCUT2D eigenvalue weighted by atomic mass is 9.84. The van der Waals surface area contributed by atoms with Crippen molar-refractivity contribution in [1.82, 2.24) is 0 Å². The third kappa shape index (κ3) is 3.49. The molecule has 0 radical (unpaired) electrons. The maximum Gasteiger partial charge on any atom is -0.00141 e. The molecule has 9 aromatic rings.